The fraction of sp³-hybridized carbons (Fsp3) is 0.367. The summed E-state index contributed by atoms with van der Waals surface area (Å²) in [5.74, 6) is -4.25. The molecule has 13 nitrogen and oxygen atoms in total. The number of amides is 3. The van der Waals surface area contributed by atoms with Crippen molar-refractivity contribution in [1.29, 1.82) is 0 Å². The number of phenols is 1. The van der Waals surface area contributed by atoms with Crippen LogP contribution in [0.15, 0.2) is 54.7 Å². The van der Waals surface area contributed by atoms with E-state index < -0.39 is 60.2 Å². The molecule has 0 radical (unpaired) electrons. The van der Waals surface area contributed by atoms with E-state index in [1.165, 1.54) is 36.0 Å². The van der Waals surface area contributed by atoms with E-state index >= 15 is 0 Å². The van der Waals surface area contributed by atoms with E-state index in [4.69, 9.17) is 10.8 Å². The van der Waals surface area contributed by atoms with Crippen molar-refractivity contribution in [3.05, 3.63) is 65.9 Å². The van der Waals surface area contributed by atoms with Gasteiger partial charge in [-0.05, 0) is 60.6 Å². The molecule has 3 amide bonds. The SMILES string of the molecule is CSCCC(NC(=O)C(N)Cc1c[nH]c2ccccc12)C(=O)NC(Cc1ccc(O)cc1)C(=O)NC(CCC(=O)O)C(=O)O. The Balaban J connectivity index is 1.76. The van der Waals surface area contributed by atoms with Crippen LogP contribution in [0.2, 0.25) is 0 Å². The number of fused-ring (bicyclic) bond motifs is 1. The van der Waals surface area contributed by atoms with Gasteiger partial charge in [0, 0.05) is 29.9 Å². The highest BCUT2D eigenvalue weighted by Crippen LogP contribution is 2.19. The number of aromatic nitrogens is 1. The Morgan fingerprint density at radius 3 is 2.14 bits per heavy atom. The summed E-state index contributed by atoms with van der Waals surface area (Å²) in [7, 11) is 0. The van der Waals surface area contributed by atoms with E-state index in [9.17, 15) is 34.2 Å². The quantitative estimate of drug-likeness (QED) is 0.107. The number of H-pyrrole nitrogens is 1. The van der Waals surface area contributed by atoms with E-state index in [-0.39, 0.29) is 31.4 Å². The predicted octanol–water partition coefficient (Wildman–Crippen LogP) is 1.14. The lowest BCUT2D eigenvalue weighted by Crippen LogP contribution is -2.58. The number of rotatable bonds is 17. The second kappa shape index (κ2) is 16.3. The summed E-state index contributed by atoms with van der Waals surface area (Å²) < 4.78 is 0. The van der Waals surface area contributed by atoms with Gasteiger partial charge in [-0.3, -0.25) is 19.2 Å². The number of aliphatic carboxylic acids is 2. The molecule has 3 aromatic rings. The van der Waals surface area contributed by atoms with Crippen LogP contribution < -0.4 is 21.7 Å². The van der Waals surface area contributed by atoms with Crippen LogP contribution in [-0.4, -0.2) is 86.1 Å². The Bertz CT molecular complexity index is 1460. The first-order chi connectivity index (χ1) is 21.0. The third-order valence-corrected chi connectivity index (χ3v) is 7.61. The molecular weight excluding hydrogens is 590 g/mol. The zero-order valence-corrected chi connectivity index (χ0v) is 24.9. The molecule has 0 spiro atoms. The summed E-state index contributed by atoms with van der Waals surface area (Å²) in [6.45, 7) is 0. The molecule has 0 saturated carbocycles. The molecule has 1 heterocycles. The number of hydrogen-bond donors (Lipinski definition) is 8. The lowest BCUT2D eigenvalue weighted by molar-refractivity contribution is -0.143. The molecule has 14 heteroatoms. The van der Waals surface area contributed by atoms with Crippen LogP contribution in [0.25, 0.3) is 10.9 Å². The number of thioether (sulfide) groups is 1. The third-order valence-electron chi connectivity index (χ3n) is 6.97. The molecule has 236 valence electrons. The molecule has 4 unspecified atom stereocenters. The van der Waals surface area contributed by atoms with Gasteiger partial charge >= 0.3 is 11.9 Å². The number of benzene rings is 2. The number of carbonyl (C=O) groups is 5. The van der Waals surface area contributed by atoms with Gasteiger partial charge in [0.2, 0.25) is 17.7 Å². The molecule has 0 aliphatic rings. The van der Waals surface area contributed by atoms with Gasteiger partial charge in [0.15, 0.2) is 0 Å². The molecule has 0 bridgehead atoms. The van der Waals surface area contributed by atoms with Crippen LogP contribution in [0.1, 0.15) is 30.4 Å². The predicted molar refractivity (Wildman–Crippen MR) is 165 cm³/mol. The minimum Gasteiger partial charge on any atom is -0.508 e. The first kappa shape index (κ1) is 33.9. The summed E-state index contributed by atoms with van der Waals surface area (Å²) in [6.07, 6.45) is 3.12. The Labute approximate surface area is 258 Å². The van der Waals surface area contributed by atoms with Crippen LogP contribution in [-0.2, 0) is 36.8 Å². The van der Waals surface area contributed by atoms with Crippen molar-refractivity contribution in [2.24, 2.45) is 5.73 Å². The Morgan fingerprint density at radius 2 is 1.48 bits per heavy atom. The van der Waals surface area contributed by atoms with Crippen LogP contribution in [0.4, 0.5) is 0 Å². The van der Waals surface area contributed by atoms with Gasteiger partial charge in [-0.15, -0.1) is 0 Å². The molecule has 2 aromatic carbocycles. The Hall–Kier alpha value is -4.56. The van der Waals surface area contributed by atoms with Crippen LogP contribution in [0, 0.1) is 0 Å². The highest BCUT2D eigenvalue weighted by atomic mass is 32.2. The molecule has 3 rings (SSSR count). The van der Waals surface area contributed by atoms with Crippen molar-refractivity contribution in [3.8, 4) is 5.75 Å². The Morgan fingerprint density at radius 1 is 0.841 bits per heavy atom. The molecule has 0 saturated heterocycles. The zero-order valence-electron chi connectivity index (χ0n) is 24.1. The lowest BCUT2D eigenvalue weighted by atomic mass is 10.0. The fourth-order valence-electron chi connectivity index (χ4n) is 4.56. The maximum atomic E-state index is 13.5. The molecule has 0 fully saturated rings. The van der Waals surface area contributed by atoms with Gasteiger partial charge in [0.1, 0.15) is 23.9 Å². The maximum Gasteiger partial charge on any atom is 0.326 e. The number of para-hydroxylation sites is 1. The van der Waals surface area contributed by atoms with Crippen molar-refractivity contribution >= 4 is 52.3 Å². The van der Waals surface area contributed by atoms with Crippen molar-refractivity contribution in [1.82, 2.24) is 20.9 Å². The van der Waals surface area contributed by atoms with E-state index in [1.807, 2.05) is 30.5 Å². The average Bonchev–Trinajstić information content (AvgIpc) is 3.40. The monoisotopic (exact) mass is 627 g/mol. The molecule has 1 aromatic heterocycles. The molecule has 4 atom stereocenters. The summed E-state index contributed by atoms with van der Waals surface area (Å²) in [6, 6.07) is 8.64. The topological polar surface area (TPSA) is 224 Å². The van der Waals surface area contributed by atoms with Gasteiger partial charge in [-0.1, -0.05) is 30.3 Å². The largest absolute Gasteiger partial charge is 0.508 e. The zero-order chi connectivity index (χ0) is 32.2. The number of phenolic OH excluding ortho intramolecular Hbond substituents is 1. The highest BCUT2D eigenvalue weighted by Gasteiger charge is 2.31. The number of aromatic amines is 1. The fourth-order valence-corrected chi connectivity index (χ4v) is 5.03. The van der Waals surface area contributed by atoms with Crippen molar-refractivity contribution < 1.29 is 39.3 Å². The number of carbonyl (C=O) groups excluding carboxylic acids is 3. The van der Waals surface area contributed by atoms with E-state index in [0.717, 1.165) is 16.5 Å². The number of carboxylic acid groups (broad SMARTS) is 2. The van der Waals surface area contributed by atoms with Gasteiger partial charge in [0.05, 0.1) is 6.04 Å². The van der Waals surface area contributed by atoms with Gasteiger partial charge < -0.3 is 42.0 Å². The second-order valence-corrected chi connectivity index (χ2v) is 11.3. The minimum absolute atomic E-state index is 0.0118. The number of carboxylic acids is 2. The first-order valence-corrected chi connectivity index (χ1v) is 15.3. The number of nitrogens with two attached hydrogens (primary N) is 1. The minimum atomic E-state index is -1.51. The van der Waals surface area contributed by atoms with E-state index in [2.05, 4.69) is 20.9 Å². The molecule has 44 heavy (non-hydrogen) atoms. The normalized spacial score (nSPS) is 13.8. The number of hydrogen-bond acceptors (Lipinski definition) is 8. The van der Waals surface area contributed by atoms with E-state index in [0.29, 0.717) is 11.3 Å². The standard InChI is InChI=1S/C30H37N5O8S/c1-44-13-12-23(33-27(39)21(31)15-18-16-32-22-5-3-2-4-20(18)22)28(40)35-25(14-17-6-8-19(36)9-7-17)29(41)34-24(30(42)43)10-11-26(37)38/h2-9,16,21,23-25,32,36H,10-15,31H2,1H3,(H,33,39)(H,34,41)(H,35,40)(H,37,38)(H,42,43). The van der Waals surface area contributed by atoms with Gasteiger partial charge in [-0.2, -0.15) is 11.8 Å². The van der Waals surface area contributed by atoms with Gasteiger partial charge in [-0.25, -0.2) is 4.79 Å². The smallest absolute Gasteiger partial charge is 0.326 e. The second-order valence-electron chi connectivity index (χ2n) is 10.3. The van der Waals surface area contributed by atoms with Crippen molar-refractivity contribution in [2.75, 3.05) is 12.0 Å². The number of nitrogens with one attached hydrogen (secondary N) is 4. The molecule has 9 N–H and O–H groups in total. The van der Waals surface area contributed by atoms with Crippen LogP contribution >= 0.6 is 11.8 Å². The highest BCUT2D eigenvalue weighted by molar-refractivity contribution is 7.98. The van der Waals surface area contributed by atoms with Crippen LogP contribution in [0.5, 0.6) is 5.75 Å². The van der Waals surface area contributed by atoms with Crippen LogP contribution in [0.3, 0.4) is 0 Å². The summed E-state index contributed by atoms with van der Waals surface area (Å²) in [5, 5.41) is 36.7. The lowest BCUT2D eigenvalue weighted by Gasteiger charge is -2.25. The van der Waals surface area contributed by atoms with Crippen molar-refractivity contribution in [2.45, 2.75) is 56.3 Å². The summed E-state index contributed by atoms with van der Waals surface area (Å²) >= 11 is 1.45. The third kappa shape index (κ3) is 10.0. The first-order valence-electron chi connectivity index (χ1n) is 13.9. The van der Waals surface area contributed by atoms with Crippen molar-refractivity contribution in [3.63, 3.8) is 0 Å². The van der Waals surface area contributed by atoms with Gasteiger partial charge in [0.25, 0.3) is 0 Å². The number of aromatic hydroxyl groups is 1. The summed E-state index contributed by atoms with van der Waals surface area (Å²) in [5.41, 5.74) is 8.52. The Kier molecular flexibility index (Phi) is 12.6. The molecule has 0 aliphatic heterocycles. The molecular formula is C30H37N5O8S. The summed E-state index contributed by atoms with van der Waals surface area (Å²) in [4.78, 5) is 65.7. The molecule has 0 aliphatic carbocycles. The van der Waals surface area contributed by atoms with E-state index in [1.54, 1.807) is 6.20 Å². The average molecular weight is 628 g/mol. The maximum absolute atomic E-state index is 13.5.